The molecule has 148 valence electrons. The molecular weight excluding hydrogens is 374 g/mol. The van der Waals surface area contributed by atoms with E-state index in [9.17, 15) is 14.7 Å². The predicted molar refractivity (Wildman–Crippen MR) is 107 cm³/mol. The molecule has 0 saturated heterocycles. The van der Waals surface area contributed by atoms with Crippen LogP contribution in [0.25, 0.3) is 10.8 Å². The molecule has 0 fully saturated rings. The summed E-state index contributed by atoms with van der Waals surface area (Å²) in [7, 11) is 0. The number of hydrogen-bond acceptors (Lipinski definition) is 6. The van der Waals surface area contributed by atoms with Crippen LogP contribution in [0.5, 0.6) is 5.75 Å². The minimum absolute atomic E-state index is 0.0297. The predicted octanol–water partition coefficient (Wildman–Crippen LogP) is 3.93. The molecule has 0 heterocycles. The molecule has 0 atom stereocenters. The number of nitrogens with zero attached hydrogens (tertiary/aromatic N) is 3. The summed E-state index contributed by atoms with van der Waals surface area (Å²) in [5, 5.41) is 38.0. The van der Waals surface area contributed by atoms with E-state index in [0.717, 1.165) is 16.3 Å². The third-order valence-corrected chi connectivity index (χ3v) is 4.21. The second kappa shape index (κ2) is 8.94. The van der Waals surface area contributed by atoms with Crippen LogP contribution in [0.1, 0.15) is 5.56 Å². The van der Waals surface area contributed by atoms with Crippen LogP contribution in [-0.4, -0.2) is 45.2 Å². The van der Waals surface area contributed by atoms with E-state index in [2.05, 4.69) is 10.2 Å². The number of azo groups is 1. The molecule has 0 amide bonds. The number of carboxylic acid groups (broad SMARTS) is 2. The highest BCUT2D eigenvalue weighted by Gasteiger charge is 2.14. The lowest BCUT2D eigenvalue weighted by atomic mass is 10.1. The molecule has 0 aliphatic rings. The summed E-state index contributed by atoms with van der Waals surface area (Å²) in [5.74, 6) is -2.15. The fraction of sp³-hybridized carbons (Fsp3) is 0.143. The zero-order valence-electron chi connectivity index (χ0n) is 15.4. The summed E-state index contributed by atoms with van der Waals surface area (Å²) in [4.78, 5) is 23.1. The Morgan fingerprint density at radius 1 is 0.828 bits per heavy atom. The van der Waals surface area contributed by atoms with Gasteiger partial charge in [-0.25, -0.2) is 0 Å². The SMILES string of the molecule is O=C(O)CN(CC(=O)O)Cc1ccc(N=Nc2c(O)ccc3ccccc23)cc1. The number of rotatable bonds is 8. The van der Waals surface area contributed by atoms with E-state index >= 15 is 0 Å². The molecule has 3 rings (SSSR count). The van der Waals surface area contributed by atoms with Gasteiger partial charge < -0.3 is 15.3 Å². The average Bonchev–Trinajstić information content (AvgIpc) is 2.67. The molecule has 3 aromatic rings. The van der Waals surface area contributed by atoms with Crippen molar-refractivity contribution in [2.24, 2.45) is 10.2 Å². The standard InChI is InChI=1S/C21H19N3O5/c25-18-10-7-15-3-1-2-4-17(15)21(18)23-22-16-8-5-14(6-9-16)11-24(12-19(26)27)13-20(28)29/h1-10,25H,11-13H2,(H,26,27)(H,28,29). The van der Waals surface area contributed by atoms with Gasteiger partial charge in [-0.15, -0.1) is 5.11 Å². The average molecular weight is 393 g/mol. The lowest BCUT2D eigenvalue weighted by molar-refractivity contribution is -0.142. The second-order valence-corrected chi connectivity index (χ2v) is 6.45. The molecule has 0 aliphatic carbocycles. The smallest absolute Gasteiger partial charge is 0.317 e. The van der Waals surface area contributed by atoms with Crippen molar-refractivity contribution in [1.29, 1.82) is 0 Å². The summed E-state index contributed by atoms with van der Waals surface area (Å²) in [6.07, 6.45) is 0. The first-order valence-corrected chi connectivity index (χ1v) is 8.80. The van der Waals surface area contributed by atoms with Gasteiger partial charge >= 0.3 is 11.9 Å². The van der Waals surface area contributed by atoms with Crippen LogP contribution in [0.3, 0.4) is 0 Å². The number of hydrogen-bond donors (Lipinski definition) is 3. The summed E-state index contributed by atoms with van der Waals surface area (Å²) in [6, 6.07) is 17.8. The molecule has 0 aliphatic heterocycles. The molecule has 0 bridgehead atoms. The molecule has 0 spiro atoms. The number of aliphatic carboxylic acids is 2. The third-order valence-electron chi connectivity index (χ3n) is 4.21. The Morgan fingerprint density at radius 2 is 1.48 bits per heavy atom. The Balaban J connectivity index is 1.76. The van der Waals surface area contributed by atoms with E-state index in [1.54, 1.807) is 36.4 Å². The van der Waals surface area contributed by atoms with Gasteiger partial charge in [0.15, 0.2) is 0 Å². The first-order valence-electron chi connectivity index (χ1n) is 8.80. The molecule has 8 heteroatoms. The first kappa shape index (κ1) is 20.0. The van der Waals surface area contributed by atoms with Crippen LogP contribution in [0, 0.1) is 0 Å². The summed E-state index contributed by atoms with van der Waals surface area (Å²) >= 11 is 0. The van der Waals surface area contributed by atoms with E-state index in [4.69, 9.17) is 10.2 Å². The van der Waals surface area contributed by atoms with Gasteiger partial charge in [0.2, 0.25) is 0 Å². The Hall–Kier alpha value is -3.78. The van der Waals surface area contributed by atoms with Crippen molar-refractivity contribution in [1.82, 2.24) is 4.90 Å². The largest absolute Gasteiger partial charge is 0.506 e. The maximum atomic E-state index is 10.9. The van der Waals surface area contributed by atoms with Gasteiger partial charge in [0, 0.05) is 11.9 Å². The van der Waals surface area contributed by atoms with Crippen molar-refractivity contribution < 1.29 is 24.9 Å². The molecular formula is C21H19N3O5. The van der Waals surface area contributed by atoms with Crippen molar-refractivity contribution in [3.8, 4) is 5.75 Å². The van der Waals surface area contributed by atoms with Crippen molar-refractivity contribution in [3.05, 3.63) is 66.2 Å². The molecule has 3 aromatic carbocycles. The molecule has 0 aromatic heterocycles. The van der Waals surface area contributed by atoms with Crippen LogP contribution >= 0.6 is 0 Å². The minimum atomic E-state index is -1.09. The number of aromatic hydroxyl groups is 1. The monoisotopic (exact) mass is 393 g/mol. The third kappa shape index (κ3) is 5.36. The lowest BCUT2D eigenvalue weighted by Crippen LogP contribution is -2.33. The van der Waals surface area contributed by atoms with Crippen molar-refractivity contribution >= 4 is 34.1 Å². The molecule has 0 unspecified atom stereocenters. The van der Waals surface area contributed by atoms with Crippen LogP contribution in [0.2, 0.25) is 0 Å². The fourth-order valence-corrected chi connectivity index (χ4v) is 2.93. The molecule has 8 nitrogen and oxygen atoms in total. The number of carboxylic acids is 2. The molecule has 0 radical (unpaired) electrons. The molecule has 0 saturated carbocycles. The Bertz CT molecular complexity index is 1050. The number of carbonyl (C=O) groups is 2. The maximum absolute atomic E-state index is 10.9. The maximum Gasteiger partial charge on any atom is 0.317 e. The number of phenols is 1. The van der Waals surface area contributed by atoms with Crippen molar-refractivity contribution in [3.63, 3.8) is 0 Å². The van der Waals surface area contributed by atoms with E-state index in [-0.39, 0.29) is 25.4 Å². The van der Waals surface area contributed by atoms with Crippen molar-refractivity contribution in [2.45, 2.75) is 6.54 Å². The number of fused-ring (bicyclic) bond motifs is 1. The number of phenolic OH excluding ortho intramolecular Hbond substituents is 1. The van der Waals surface area contributed by atoms with Gasteiger partial charge in [-0.2, -0.15) is 5.11 Å². The van der Waals surface area contributed by atoms with E-state index < -0.39 is 11.9 Å². The van der Waals surface area contributed by atoms with Gasteiger partial charge in [0.05, 0.1) is 18.8 Å². The van der Waals surface area contributed by atoms with E-state index in [1.807, 2.05) is 24.3 Å². The highest BCUT2D eigenvalue weighted by Crippen LogP contribution is 2.35. The Kier molecular flexibility index (Phi) is 6.16. The van der Waals surface area contributed by atoms with E-state index in [0.29, 0.717) is 11.4 Å². The molecule has 3 N–H and O–H groups in total. The number of benzene rings is 3. The van der Waals surface area contributed by atoms with Crippen molar-refractivity contribution in [2.75, 3.05) is 13.1 Å². The zero-order valence-corrected chi connectivity index (χ0v) is 15.4. The van der Waals surface area contributed by atoms with Crippen LogP contribution < -0.4 is 0 Å². The van der Waals surface area contributed by atoms with Gasteiger partial charge in [-0.1, -0.05) is 42.5 Å². The normalized spacial score (nSPS) is 11.3. The second-order valence-electron chi connectivity index (χ2n) is 6.45. The van der Waals surface area contributed by atoms with Crippen LogP contribution in [0.4, 0.5) is 11.4 Å². The Morgan fingerprint density at radius 3 is 2.14 bits per heavy atom. The van der Waals surface area contributed by atoms with E-state index in [1.165, 1.54) is 4.90 Å². The summed E-state index contributed by atoms with van der Waals surface area (Å²) < 4.78 is 0. The minimum Gasteiger partial charge on any atom is -0.506 e. The molecule has 29 heavy (non-hydrogen) atoms. The topological polar surface area (TPSA) is 123 Å². The van der Waals surface area contributed by atoms with Gasteiger partial charge in [-0.3, -0.25) is 14.5 Å². The van der Waals surface area contributed by atoms with Gasteiger partial charge in [0.25, 0.3) is 0 Å². The fourth-order valence-electron chi connectivity index (χ4n) is 2.93. The first-order chi connectivity index (χ1) is 13.9. The van der Waals surface area contributed by atoms with Gasteiger partial charge in [-0.05, 0) is 29.1 Å². The lowest BCUT2D eigenvalue weighted by Gasteiger charge is -2.17. The Labute approximate surface area is 166 Å². The van der Waals surface area contributed by atoms with Gasteiger partial charge in [0.1, 0.15) is 11.4 Å². The summed E-state index contributed by atoms with van der Waals surface area (Å²) in [5.41, 5.74) is 1.67. The zero-order chi connectivity index (χ0) is 20.8. The highest BCUT2D eigenvalue weighted by atomic mass is 16.4. The van der Waals surface area contributed by atoms with Crippen LogP contribution in [0.15, 0.2) is 70.9 Å². The van der Waals surface area contributed by atoms with Crippen LogP contribution in [-0.2, 0) is 16.1 Å². The summed E-state index contributed by atoms with van der Waals surface area (Å²) in [6.45, 7) is -0.553. The highest BCUT2D eigenvalue weighted by molar-refractivity contribution is 5.95. The quantitative estimate of drug-likeness (QED) is 0.498.